The lowest BCUT2D eigenvalue weighted by Crippen LogP contribution is -2.29. The molecule has 3 aromatic rings. The van der Waals surface area contributed by atoms with Gasteiger partial charge in [0, 0.05) is 23.2 Å². The number of carbonyl (C=O) groups is 1. The zero-order valence-electron chi connectivity index (χ0n) is 11.5. The van der Waals surface area contributed by atoms with Crippen LogP contribution in [0.3, 0.4) is 0 Å². The summed E-state index contributed by atoms with van der Waals surface area (Å²) in [5.74, 6) is -1.25. The second kappa shape index (κ2) is 5.03. The average molecular weight is 297 g/mol. The van der Waals surface area contributed by atoms with Crippen molar-refractivity contribution in [1.29, 1.82) is 0 Å². The Morgan fingerprint density at radius 3 is 2.95 bits per heavy atom. The maximum absolute atomic E-state index is 13.7. The van der Waals surface area contributed by atoms with Crippen molar-refractivity contribution in [3.8, 4) is 11.3 Å². The van der Waals surface area contributed by atoms with Crippen molar-refractivity contribution in [1.82, 2.24) is 9.97 Å². The molecule has 6 nitrogen and oxygen atoms in total. The number of amides is 1. The number of hydrogen-bond acceptors (Lipinski definition) is 4. The minimum absolute atomic E-state index is 0.00126. The number of carbonyl (C=O) groups excluding carboxylic acids is 1. The first-order valence-corrected chi connectivity index (χ1v) is 6.33. The molecule has 0 unspecified atom stereocenters. The number of aromatic nitrogens is 3. The fraction of sp³-hybridized carbons (Fsp3) is 0.0667. The van der Waals surface area contributed by atoms with Crippen LogP contribution in [0.1, 0.15) is 16.1 Å². The van der Waals surface area contributed by atoms with Crippen molar-refractivity contribution in [2.45, 2.75) is 6.92 Å². The molecule has 109 valence electrons. The van der Waals surface area contributed by atoms with Gasteiger partial charge in [-0.15, -0.1) is 0 Å². The molecule has 3 rings (SSSR count). The first-order chi connectivity index (χ1) is 10.5. The molecule has 7 heteroatoms. The molecule has 2 N–H and O–H groups in total. The largest absolute Gasteiger partial charge is 0.618 e. The van der Waals surface area contributed by atoms with E-state index in [9.17, 15) is 14.4 Å². The quantitative estimate of drug-likeness (QED) is 0.569. The van der Waals surface area contributed by atoms with Crippen molar-refractivity contribution >= 4 is 16.7 Å². The summed E-state index contributed by atoms with van der Waals surface area (Å²) in [6.45, 7) is 1.54. The Balaban J connectivity index is 2.35. The maximum Gasteiger partial charge on any atom is 0.267 e. The highest BCUT2D eigenvalue weighted by Gasteiger charge is 2.18. The van der Waals surface area contributed by atoms with Gasteiger partial charge >= 0.3 is 0 Å². The van der Waals surface area contributed by atoms with Crippen LogP contribution in [0.4, 0.5) is 4.39 Å². The van der Waals surface area contributed by atoms with Gasteiger partial charge in [-0.05, 0) is 13.0 Å². The van der Waals surface area contributed by atoms with Crippen molar-refractivity contribution in [2.75, 3.05) is 0 Å². The molecule has 0 saturated heterocycles. The summed E-state index contributed by atoms with van der Waals surface area (Å²) in [7, 11) is 0. The number of halogens is 1. The number of primary amides is 1. The molecule has 0 aliphatic rings. The van der Waals surface area contributed by atoms with Gasteiger partial charge in [0.05, 0.1) is 23.3 Å². The van der Waals surface area contributed by atoms with Gasteiger partial charge in [-0.1, -0.05) is 0 Å². The lowest BCUT2D eigenvalue weighted by Gasteiger charge is -2.09. The number of pyridine rings is 3. The summed E-state index contributed by atoms with van der Waals surface area (Å²) in [5.41, 5.74) is 6.06. The topological polar surface area (TPSA) is 95.8 Å². The van der Waals surface area contributed by atoms with E-state index in [1.54, 1.807) is 6.92 Å². The van der Waals surface area contributed by atoms with E-state index in [-0.39, 0.29) is 17.0 Å². The molecule has 0 aliphatic heterocycles. The third-order valence-electron chi connectivity index (χ3n) is 3.40. The van der Waals surface area contributed by atoms with E-state index >= 15 is 0 Å². The van der Waals surface area contributed by atoms with E-state index < -0.39 is 11.7 Å². The van der Waals surface area contributed by atoms with Crippen LogP contribution in [0.15, 0.2) is 30.7 Å². The minimum atomic E-state index is -0.731. The highest BCUT2D eigenvalue weighted by atomic mass is 19.1. The van der Waals surface area contributed by atoms with Crippen LogP contribution < -0.4 is 10.5 Å². The molecule has 0 spiro atoms. The van der Waals surface area contributed by atoms with Gasteiger partial charge in [0.15, 0.2) is 6.20 Å². The molecule has 1 radical (unpaired) electrons. The maximum atomic E-state index is 13.7. The van der Waals surface area contributed by atoms with Crippen LogP contribution in [0.2, 0.25) is 0 Å². The Kier molecular flexibility index (Phi) is 3.17. The van der Waals surface area contributed by atoms with E-state index in [0.29, 0.717) is 21.1 Å². The summed E-state index contributed by atoms with van der Waals surface area (Å²) in [5, 5.41) is 13.1. The Morgan fingerprint density at radius 1 is 1.45 bits per heavy atom. The highest BCUT2D eigenvalue weighted by molar-refractivity contribution is 6.04. The normalized spacial score (nSPS) is 10.8. The van der Waals surface area contributed by atoms with E-state index in [1.807, 2.05) is 0 Å². The smallest absolute Gasteiger partial charge is 0.267 e. The molecule has 1 amide bonds. The Morgan fingerprint density at radius 2 is 2.23 bits per heavy atom. The predicted molar refractivity (Wildman–Crippen MR) is 76.0 cm³/mol. The zero-order valence-corrected chi connectivity index (χ0v) is 11.5. The fourth-order valence-electron chi connectivity index (χ4n) is 2.24. The number of nitrogens with zero attached hydrogens (tertiary/aromatic N) is 3. The number of rotatable bonds is 2. The Labute approximate surface area is 124 Å². The van der Waals surface area contributed by atoms with Crippen molar-refractivity contribution in [3.63, 3.8) is 0 Å². The second-order valence-corrected chi connectivity index (χ2v) is 4.75. The number of hydrogen-bond donors (Lipinski definition) is 1. The fourth-order valence-corrected chi connectivity index (χ4v) is 2.24. The van der Waals surface area contributed by atoms with Gasteiger partial charge < -0.3 is 10.9 Å². The lowest BCUT2D eigenvalue weighted by molar-refractivity contribution is -0.592. The first-order valence-electron chi connectivity index (χ1n) is 6.33. The summed E-state index contributed by atoms with van der Waals surface area (Å²) in [4.78, 5) is 19.0. The molecule has 0 fully saturated rings. The minimum Gasteiger partial charge on any atom is -0.618 e. The van der Waals surface area contributed by atoms with Crippen molar-refractivity contribution < 1.29 is 13.9 Å². The molecular weight excluding hydrogens is 287 g/mol. The molecular formula is C15H10FN4O2. The Bertz CT molecular complexity index is 911. The van der Waals surface area contributed by atoms with E-state index in [2.05, 4.69) is 16.2 Å². The van der Waals surface area contributed by atoms with Gasteiger partial charge in [-0.3, -0.25) is 9.78 Å². The third-order valence-corrected chi connectivity index (χ3v) is 3.40. The first kappa shape index (κ1) is 13.9. The lowest BCUT2D eigenvalue weighted by atomic mass is 10.0. The second-order valence-electron chi connectivity index (χ2n) is 4.75. The van der Waals surface area contributed by atoms with E-state index in [0.717, 1.165) is 6.20 Å². The standard InChI is InChI=1S/C15H10FN4O2/c1-8-11(5-18-6-12(8)16)13-4-10-9(7-20(13)22)2-3-19-14(10)15(17)21/h2,4-7H,1H3,(H2,17,21). The van der Waals surface area contributed by atoms with Gasteiger partial charge in [-0.25, -0.2) is 9.37 Å². The van der Waals surface area contributed by atoms with Crippen LogP contribution in [0, 0.1) is 24.1 Å². The number of nitrogens with two attached hydrogens (primary N) is 1. The molecule has 0 saturated carbocycles. The van der Waals surface area contributed by atoms with Gasteiger partial charge in [-0.2, -0.15) is 4.73 Å². The third kappa shape index (κ3) is 2.12. The van der Waals surface area contributed by atoms with E-state index in [4.69, 9.17) is 5.73 Å². The molecule has 3 heterocycles. The van der Waals surface area contributed by atoms with Crippen LogP contribution in [0.5, 0.6) is 0 Å². The van der Waals surface area contributed by atoms with Gasteiger partial charge in [0.2, 0.25) is 5.69 Å². The monoisotopic (exact) mass is 297 g/mol. The SMILES string of the molecule is Cc1c(F)cncc1-c1cc2c(C(N)=O)n[c]cc2c[n+]1[O-]. The van der Waals surface area contributed by atoms with E-state index in [1.165, 1.54) is 24.5 Å². The highest BCUT2D eigenvalue weighted by Crippen LogP contribution is 2.25. The van der Waals surface area contributed by atoms with Crippen molar-refractivity contribution in [2.24, 2.45) is 5.73 Å². The molecule has 0 bridgehead atoms. The summed E-state index contributed by atoms with van der Waals surface area (Å²) in [6.07, 6.45) is 6.24. The average Bonchev–Trinajstić information content (AvgIpc) is 2.49. The van der Waals surface area contributed by atoms with Crippen LogP contribution in [-0.2, 0) is 0 Å². The zero-order chi connectivity index (χ0) is 15.9. The summed E-state index contributed by atoms with van der Waals surface area (Å²) in [6, 6.07) is 2.92. The molecule has 0 aliphatic carbocycles. The molecule has 0 atom stereocenters. The van der Waals surface area contributed by atoms with Crippen molar-refractivity contribution in [3.05, 3.63) is 59.2 Å². The van der Waals surface area contributed by atoms with Gasteiger partial charge in [0.1, 0.15) is 11.5 Å². The van der Waals surface area contributed by atoms with Crippen LogP contribution in [0.25, 0.3) is 22.0 Å². The predicted octanol–water partition coefficient (Wildman–Crippen LogP) is 1.28. The van der Waals surface area contributed by atoms with Gasteiger partial charge in [0.25, 0.3) is 5.91 Å². The number of fused-ring (bicyclic) bond motifs is 1. The van der Waals surface area contributed by atoms with Crippen LogP contribution in [-0.4, -0.2) is 15.9 Å². The molecule has 0 aromatic carbocycles. The van der Waals surface area contributed by atoms with Crippen LogP contribution >= 0.6 is 0 Å². The molecule has 22 heavy (non-hydrogen) atoms. The summed E-state index contributed by atoms with van der Waals surface area (Å²) >= 11 is 0. The Hall–Kier alpha value is -3.09. The molecule has 3 aromatic heterocycles. The summed E-state index contributed by atoms with van der Waals surface area (Å²) < 4.78 is 14.2.